The number of nitrogens with zero attached hydrogens (tertiary/aromatic N) is 3. The highest BCUT2D eigenvalue weighted by Crippen LogP contribution is 2.29. The Hall–Kier alpha value is -2.15. The Kier molecular flexibility index (Phi) is 3.74. The van der Waals surface area contributed by atoms with Crippen molar-refractivity contribution < 1.29 is 9.34 Å². The second kappa shape index (κ2) is 5.69. The standard InChI is InChI=1S/C14H18N4O3/c1-17(9-10-5-7-15-8-6-10)14-16-13-11(18(19)20)3-2-4-12(13)21-14/h2-4,10,15H,5-9H2,1H3. The van der Waals surface area contributed by atoms with Crippen LogP contribution < -0.4 is 10.2 Å². The molecule has 21 heavy (non-hydrogen) atoms. The Labute approximate surface area is 122 Å². The van der Waals surface area contributed by atoms with Gasteiger partial charge in [-0.05, 0) is 37.9 Å². The van der Waals surface area contributed by atoms with Gasteiger partial charge in [-0.2, -0.15) is 4.98 Å². The molecule has 0 radical (unpaired) electrons. The molecule has 7 nitrogen and oxygen atoms in total. The summed E-state index contributed by atoms with van der Waals surface area (Å²) in [7, 11) is 1.92. The molecule has 1 N–H and O–H groups in total. The number of benzene rings is 1. The zero-order valence-electron chi connectivity index (χ0n) is 11.9. The van der Waals surface area contributed by atoms with E-state index in [1.165, 1.54) is 6.07 Å². The molecule has 1 saturated heterocycles. The highest BCUT2D eigenvalue weighted by atomic mass is 16.6. The van der Waals surface area contributed by atoms with Gasteiger partial charge in [0.25, 0.3) is 11.7 Å². The van der Waals surface area contributed by atoms with Crippen LogP contribution in [0.1, 0.15) is 12.8 Å². The Morgan fingerprint density at radius 1 is 1.48 bits per heavy atom. The summed E-state index contributed by atoms with van der Waals surface area (Å²) in [5.74, 6) is 0.598. The normalized spacial score (nSPS) is 16.2. The second-order valence-corrected chi connectivity index (χ2v) is 5.45. The van der Waals surface area contributed by atoms with Gasteiger partial charge in [-0.25, -0.2) is 0 Å². The molecule has 0 amide bonds. The number of hydrogen-bond donors (Lipinski definition) is 1. The summed E-state index contributed by atoms with van der Waals surface area (Å²) in [4.78, 5) is 16.8. The monoisotopic (exact) mass is 290 g/mol. The third-order valence-corrected chi connectivity index (χ3v) is 3.90. The Balaban J connectivity index is 1.83. The largest absolute Gasteiger partial charge is 0.423 e. The fourth-order valence-corrected chi connectivity index (χ4v) is 2.76. The molecule has 1 aromatic heterocycles. The van der Waals surface area contributed by atoms with E-state index in [9.17, 15) is 10.1 Å². The van der Waals surface area contributed by atoms with E-state index >= 15 is 0 Å². The number of nitro benzene ring substituents is 1. The fourth-order valence-electron chi connectivity index (χ4n) is 2.76. The quantitative estimate of drug-likeness (QED) is 0.686. The topological polar surface area (TPSA) is 84.4 Å². The number of fused-ring (bicyclic) bond motifs is 1. The van der Waals surface area contributed by atoms with E-state index in [-0.39, 0.29) is 5.69 Å². The summed E-state index contributed by atoms with van der Waals surface area (Å²) in [5.41, 5.74) is 0.754. The molecule has 0 saturated carbocycles. The minimum atomic E-state index is -0.429. The highest BCUT2D eigenvalue weighted by Gasteiger charge is 2.21. The van der Waals surface area contributed by atoms with Crippen molar-refractivity contribution >= 4 is 22.8 Å². The number of nitro groups is 1. The van der Waals surface area contributed by atoms with E-state index in [0.29, 0.717) is 23.0 Å². The van der Waals surface area contributed by atoms with Crippen molar-refractivity contribution in [1.29, 1.82) is 0 Å². The molecule has 0 unspecified atom stereocenters. The molecule has 3 rings (SSSR count). The molecule has 112 valence electrons. The van der Waals surface area contributed by atoms with Crippen LogP contribution in [0.3, 0.4) is 0 Å². The average molecular weight is 290 g/mol. The van der Waals surface area contributed by atoms with Gasteiger partial charge in [0.05, 0.1) is 4.92 Å². The predicted molar refractivity (Wildman–Crippen MR) is 79.5 cm³/mol. The van der Waals surface area contributed by atoms with Crippen molar-refractivity contribution in [3.05, 3.63) is 28.3 Å². The lowest BCUT2D eigenvalue weighted by atomic mass is 9.98. The zero-order valence-corrected chi connectivity index (χ0v) is 11.9. The average Bonchev–Trinajstić information content (AvgIpc) is 2.92. The maximum absolute atomic E-state index is 11.0. The molecule has 0 aliphatic carbocycles. The van der Waals surface area contributed by atoms with Crippen LogP contribution in [-0.2, 0) is 0 Å². The summed E-state index contributed by atoms with van der Waals surface area (Å²) in [6.45, 7) is 2.93. The summed E-state index contributed by atoms with van der Waals surface area (Å²) in [6, 6.07) is 5.21. The number of piperidine rings is 1. The van der Waals surface area contributed by atoms with Gasteiger partial charge in [0.1, 0.15) is 0 Å². The Morgan fingerprint density at radius 2 is 2.24 bits per heavy atom. The number of hydrogen-bond acceptors (Lipinski definition) is 6. The first-order valence-electron chi connectivity index (χ1n) is 7.11. The molecule has 1 fully saturated rings. The summed E-state index contributed by atoms with van der Waals surface area (Å²) < 4.78 is 5.66. The fraction of sp³-hybridized carbons (Fsp3) is 0.500. The lowest BCUT2D eigenvalue weighted by molar-refractivity contribution is -0.383. The molecular weight excluding hydrogens is 272 g/mol. The van der Waals surface area contributed by atoms with Crippen molar-refractivity contribution in [2.24, 2.45) is 5.92 Å². The van der Waals surface area contributed by atoms with Gasteiger partial charge in [-0.15, -0.1) is 0 Å². The van der Waals surface area contributed by atoms with Gasteiger partial charge in [0.15, 0.2) is 11.1 Å². The number of oxazole rings is 1. The SMILES string of the molecule is CN(CC1CCNCC1)c1nc2c([N+](=O)[O-])cccc2o1. The van der Waals surface area contributed by atoms with Crippen LogP contribution in [0.15, 0.2) is 22.6 Å². The first-order chi connectivity index (χ1) is 10.1. The number of nitrogens with one attached hydrogen (secondary N) is 1. The van der Waals surface area contributed by atoms with Crippen LogP contribution in [0.2, 0.25) is 0 Å². The van der Waals surface area contributed by atoms with E-state index in [1.54, 1.807) is 12.1 Å². The van der Waals surface area contributed by atoms with Gasteiger partial charge in [-0.3, -0.25) is 10.1 Å². The van der Waals surface area contributed by atoms with Crippen LogP contribution in [-0.4, -0.2) is 36.6 Å². The Bertz CT molecular complexity index is 649. The van der Waals surface area contributed by atoms with Crippen LogP contribution in [0.4, 0.5) is 11.7 Å². The molecule has 2 aromatic rings. The molecule has 2 heterocycles. The van der Waals surface area contributed by atoms with Crippen LogP contribution in [0.5, 0.6) is 0 Å². The van der Waals surface area contributed by atoms with Crippen LogP contribution in [0.25, 0.3) is 11.1 Å². The predicted octanol–water partition coefficient (Wildman–Crippen LogP) is 2.17. The molecule has 0 spiro atoms. The van der Waals surface area contributed by atoms with E-state index < -0.39 is 4.92 Å². The lowest BCUT2D eigenvalue weighted by Gasteiger charge is -2.26. The molecule has 0 bridgehead atoms. The third kappa shape index (κ3) is 2.82. The minimum Gasteiger partial charge on any atom is -0.423 e. The van der Waals surface area contributed by atoms with E-state index in [4.69, 9.17) is 4.42 Å². The number of para-hydroxylation sites is 1. The van der Waals surface area contributed by atoms with Crippen molar-refractivity contribution in [3.8, 4) is 0 Å². The van der Waals surface area contributed by atoms with Crippen LogP contribution >= 0.6 is 0 Å². The molecule has 1 aromatic carbocycles. The summed E-state index contributed by atoms with van der Waals surface area (Å²) in [5, 5.41) is 14.4. The van der Waals surface area contributed by atoms with Gasteiger partial charge >= 0.3 is 0 Å². The smallest absolute Gasteiger partial charge is 0.298 e. The highest BCUT2D eigenvalue weighted by molar-refractivity contribution is 5.84. The summed E-state index contributed by atoms with van der Waals surface area (Å²) >= 11 is 0. The number of aromatic nitrogens is 1. The third-order valence-electron chi connectivity index (χ3n) is 3.90. The van der Waals surface area contributed by atoms with Crippen molar-refractivity contribution in [3.63, 3.8) is 0 Å². The number of rotatable bonds is 4. The molecule has 0 atom stereocenters. The molecule has 1 aliphatic heterocycles. The van der Waals surface area contributed by atoms with Gasteiger partial charge in [-0.1, -0.05) is 6.07 Å². The van der Waals surface area contributed by atoms with Crippen molar-refractivity contribution in [2.45, 2.75) is 12.8 Å². The number of anilines is 1. The lowest BCUT2D eigenvalue weighted by Crippen LogP contribution is -2.34. The maximum Gasteiger partial charge on any atom is 0.298 e. The Morgan fingerprint density at radius 3 is 2.95 bits per heavy atom. The first-order valence-corrected chi connectivity index (χ1v) is 7.11. The minimum absolute atomic E-state index is 0.0160. The molecule has 7 heteroatoms. The molecule has 1 aliphatic rings. The van der Waals surface area contributed by atoms with Crippen LogP contribution in [0, 0.1) is 16.0 Å². The molecular formula is C14H18N4O3. The maximum atomic E-state index is 11.0. The van der Waals surface area contributed by atoms with E-state index in [1.807, 2.05) is 11.9 Å². The van der Waals surface area contributed by atoms with Gasteiger partial charge in [0.2, 0.25) is 0 Å². The van der Waals surface area contributed by atoms with Gasteiger partial charge < -0.3 is 14.6 Å². The van der Waals surface area contributed by atoms with E-state index in [2.05, 4.69) is 10.3 Å². The van der Waals surface area contributed by atoms with Gasteiger partial charge in [0, 0.05) is 19.7 Å². The first kappa shape index (κ1) is 13.8. The summed E-state index contributed by atoms with van der Waals surface area (Å²) in [6.07, 6.45) is 2.26. The van der Waals surface area contributed by atoms with E-state index in [0.717, 1.165) is 32.5 Å². The van der Waals surface area contributed by atoms with Crippen molar-refractivity contribution in [1.82, 2.24) is 10.3 Å². The van der Waals surface area contributed by atoms with Crippen molar-refractivity contribution in [2.75, 3.05) is 31.6 Å². The number of non-ortho nitro benzene ring substituents is 1. The zero-order chi connectivity index (χ0) is 14.8. The second-order valence-electron chi connectivity index (χ2n) is 5.45.